The molecule has 0 saturated heterocycles. The van der Waals surface area contributed by atoms with Crippen molar-refractivity contribution in [3.05, 3.63) is 0 Å². The Labute approximate surface area is 94.7 Å². The summed E-state index contributed by atoms with van der Waals surface area (Å²) in [5, 5.41) is 16.2. The molecule has 0 saturated carbocycles. The van der Waals surface area contributed by atoms with Crippen LogP contribution in [-0.2, 0) is 4.79 Å². The van der Waals surface area contributed by atoms with Crippen molar-refractivity contribution in [2.75, 3.05) is 0 Å². The number of carboxylic acids is 1. The SMILES string of the molecule is Br.N=C(N)[Se]CCCCCC(=O)O. The van der Waals surface area contributed by atoms with Crippen LogP contribution < -0.4 is 5.73 Å². The predicted molar refractivity (Wildman–Crippen MR) is 58.9 cm³/mol. The van der Waals surface area contributed by atoms with Crippen molar-refractivity contribution < 1.29 is 9.90 Å². The summed E-state index contributed by atoms with van der Waals surface area (Å²) in [7, 11) is 0. The van der Waals surface area contributed by atoms with E-state index in [9.17, 15) is 4.79 Å². The Bertz CT molecular complexity index is 149. The van der Waals surface area contributed by atoms with Gasteiger partial charge in [-0.05, 0) is 0 Å². The van der Waals surface area contributed by atoms with Gasteiger partial charge in [-0.25, -0.2) is 0 Å². The van der Waals surface area contributed by atoms with Crippen LogP contribution in [0.3, 0.4) is 0 Å². The summed E-state index contributed by atoms with van der Waals surface area (Å²) in [6.07, 6.45) is 2.92. The van der Waals surface area contributed by atoms with E-state index in [0.717, 1.165) is 24.6 Å². The van der Waals surface area contributed by atoms with Gasteiger partial charge in [-0.15, -0.1) is 17.0 Å². The standard InChI is InChI=1S/C7H14N2O2Se.BrH/c8-7(9)12-5-3-1-2-4-6(10)11;/h1-5H2,(H3,8,9)(H,10,11);1H. The van der Waals surface area contributed by atoms with Crippen LogP contribution in [0.2, 0.25) is 5.32 Å². The Kier molecular flexibility index (Phi) is 11.9. The second kappa shape index (κ2) is 10.0. The summed E-state index contributed by atoms with van der Waals surface area (Å²) in [5.41, 5.74) is 5.17. The molecule has 0 spiro atoms. The number of rotatable bonds is 7. The Balaban J connectivity index is 0. The first-order valence-electron chi connectivity index (χ1n) is 3.81. The molecule has 0 unspecified atom stereocenters. The van der Waals surface area contributed by atoms with Crippen molar-refractivity contribution in [2.24, 2.45) is 5.73 Å². The molecule has 0 atom stereocenters. The summed E-state index contributed by atoms with van der Waals surface area (Å²) >= 11 is 0.128. The van der Waals surface area contributed by atoms with Crippen LogP contribution in [-0.4, -0.2) is 30.8 Å². The Morgan fingerprint density at radius 2 is 2.00 bits per heavy atom. The van der Waals surface area contributed by atoms with Gasteiger partial charge >= 0.3 is 77.7 Å². The topological polar surface area (TPSA) is 87.2 Å². The van der Waals surface area contributed by atoms with Crippen LogP contribution in [0.15, 0.2) is 0 Å². The van der Waals surface area contributed by atoms with E-state index in [4.69, 9.17) is 16.2 Å². The van der Waals surface area contributed by atoms with E-state index in [1.165, 1.54) is 0 Å². The molecule has 0 amide bonds. The van der Waals surface area contributed by atoms with Crippen molar-refractivity contribution in [3.63, 3.8) is 0 Å². The molecular weight excluding hydrogens is 303 g/mol. The first kappa shape index (κ1) is 15.4. The van der Waals surface area contributed by atoms with Crippen LogP contribution in [0.25, 0.3) is 0 Å². The zero-order valence-corrected chi connectivity index (χ0v) is 10.7. The number of nitrogens with two attached hydrogens (primary N) is 1. The molecule has 0 aliphatic rings. The third kappa shape index (κ3) is 14.8. The van der Waals surface area contributed by atoms with Gasteiger partial charge < -0.3 is 0 Å². The zero-order chi connectivity index (χ0) is 9.40. The van der Waals surface area contributed by atoms with Crippen molar-refractivity contribution in [3.8, 4) is 0 Å². The molecule has 6 heteroatoms. The van der Waals surface area contributed by atoms with E-state index < -0.39 is 5.97 Å². The van der Waals surface area contributed by atoms with Crippen molar-refractivity contribution in [2.45, 2.75) is 31.0 Å². The molecule has 0 aliphatic carbocycles. The summed E-state index contributed by atoms with van der Waals surface area (Å²) in [6, 6.07) is 0. The number of unbranched alkanes of at least 4 members (excludes halogenated alkanes) is 2. The fourth-order valence-corrected chi connectivity index (χ4v) is 1.93. The predicted octanol–water partition coefficient (Wildman–Crippen LogP) is 1.23. The third-order valence-electron chi connectivity index (χ3n) is 1.29. The van der Waals surface area contributed by atoms with Gasteiger partial charge in [-0.2, -0.15) is 0 Å². The quantitative estimate of drug-likeness (QED) is 0.285. The molecule has 4 N–H and O–H groups in total. The number of halogens is 1. The first-order valence-corrected chi connectivity index (χ1v) is 5.88. The average Bonchev–Trinajstić information content (AvgIpc) is 1.95. The van der Waals surface area contributed by atoms with E-state index in [2.05, 4.69) is 0 Å². The summed E-state index contributed by atoms with van der Waals surface area (Å²) < 4.78 is 0.278. The van der Waals surface area contributed by atoms with Crippen molar-refractivity contribution in [1.82, 2.24) is 0 Å². The van der Waals surface area contributed by atoms with Gasteiger partial charge in [-0.1, -0.05) is 0 Å². The molecule has 0 heterocycles. The molecule has 78 valence electrons. The molecule has 0 aromatic carbocycles. The van der Waals surface area contributed by atoms with Gasteiger partial charge in [0.15, 0.2) is 0 Å². The molecule has 0 radical (unpaired) electrons. The summed E-state index contributed by atoms with van der Waals surface area (Å²) in [6.45, 7) is 0. The van der Waals surface area contributed by atoms with Gasteiger partial charge in [-0.3, -0.25) is 0 Å². The van der Waals surface area contributed by atoms with Gasteiger partial charge in [0.05, 0.1) is 0 Å². The van der Waals surface area contributed by atoms with Gasteiger partial charge in [0, 0.05) is 0 Å². The minimum absolute atomic E-state index is 0. The second-order valence-corrected chi connectivity index (χ2v) is 4.80. The maximum absolute atomic E-state index is 10.1. The second-order valence-electron chi connectivity index (χ2n) is 2.42. The molecular formula is C7H15BrN2O2Se. The Morgan fingerprint density at radius 3 is 2.46 bits per heavy atom. The van der Waals surface area contributed by atoms with Gasteiger partial charge in [0.1, 0.15) is 0 Å². The van der Waals surface area contributed by atoms with Crippen LogP contribution in [0.5, 0.6) is 0 Å². The van der Waals surface area contributed by atoms with E-state index in [-0.39, 0.29) is 43.1 Å². The molecule has 4 nitrogen and oxygen atoms in total. The van der Waals surface area contributed by atoms with Gasteiger partial charge in [0.2, 0.25) is 0 Å². The van der Waals surface area contributed by atoms with E-state index in [1.54, 1.807) is 0 Å². The average molecular weight is 318 g/mol. The van der Waals surface area contributed by atoms with E-state index >= 15 is 0 Å². The molecule has 0 aliphatic heterocycles. The molecule has 0 rings (SSSR count). The fourth-order valence-electron chi connectivity index (χ4n) is 0.737. The number of hydrogen-bond donors (Lipinski definition) is 3. The summed E-state index contributed by atoms with van der Waals surface area (Å²) in [4.78, 5) is 10.1. The van der Waals surface area contributed by atoms with Crippen LogP contribution in [0.4, 0.5) is 0 Å². The number of carbonyl (C=O) groups is 1. The number of hydrogen-bond acceptors (Lipinski definition) is 2. The van der Waals surface area contributed by atoms with Gasteiger partial charge in [0.25, 0.3) is 0 Å². The molecule has 13 heavy (non-hydrogen) atoms. The number of nitrogens with one attached hydrogen (secondary N) is 1. The molecule has 0 aromatic heterocycles. The zero-order valence-electron chi connectivity index (χ0n) is 7.28. The minimum atomic E-state index is -0.730. The molecule has 0 bridgehead atoms. The normalized spacial score (nSPS) is 8.92. The maximum atomic E-state index is 10.1. The fraction of sp³-hybridized carbons (Fsp3) is 0.714. The van der Waals surface area contributed by atoms with Crippen LogP contribution in [0.1, 0.15) is 25.7 Å². The van der Waals surface area contributed by atoms with E-state index in [1.807, 2.05) is 0 Å². The Hall–Kier alpha value is -0.0605. The van der Waals surface area contributed by atoms with Crippen molar-refractivity contribution in [1.29, 1.82) is 5.41 Å². The number of aliphatic carboxylic acids is 1. The monoisotopic (exact) mass is 318 g/mol. The number of carboxylic acid groups (broad SMARTS) is 1. The van der Waals surface area contributed by atoms with Crippen LogP contribution in [0, 0.1) is 5.41 Å². The van der Waals surface area contributed by atoms with E-state index in [0.29, 0.717) is 0 Å². The third-order valence-corrected chi connectivity index (χ3v) is 2.98. The number of amidine groups is 1. The summed E-state index contributed by atoms with van der Waals surface area (Å²) in [5.74, 6) is -0.730. The molecule has 0 fully saturated rings. The Morgan fingerprint density at radius 1 is 1.38 bits per heavy atom. The first-order chi connectivity index (χ1) is 5.63. The molecule has 0 aromatic rings. The van der Waals surface area contributed by atoms with Crippen LogP contribution >= 0.6 is 17.0 Å². The van der Waals surface area contributed by atoms with Crippen molar-refractivity contribution >= 4 is 42.6 Å².